The Kier molecular flexibility index (Phi) is 4.13. The Labute approximate surface area is 118 Å². The van der Waals surface area contributed by atoms with Crippen molar-refractivity contribution in [3.63, 3.8) is 0 Å². The topological polar surface area (TPSA) is 78.4 Å². The maximum atomic E-state index is 13.4. The summed E-state index contributed by atoms with van der Waals surface area (Å²) < 4.78 is 26.9. The lowest BCUT2D eigenvalue weighted by Gasteiger charge is -2.08. The number of anilines is 2. The highest BCUT2D eigenvalue weighted by Gasteiger charge is 2.16. The highest BCUT2D eigenvalue weighted by atomic mass is 19.1. The van der Waals surface area contributed by atoms with Gasteiger partial charge in [-0.3, -0.25) is 10.1 Å². The molecule has 0 aromatic heterocycles. The number of carbonyl (C=O) groups is 2. The van der Waals surface area contributed by atoms with Crippen LogP contribution in [0, 0.1) is 11.6 Å². The second kappa shape index (κ2) is 6.00. The molecule has 0 fully saturated rings. The van der Waals surface area contributed by atoms with E-state index < -0.39 is 29.2 Å². The zero-order valence-corrected chi connectivity index (χ0v) is 10.6. The van der Waals surface area contributed by atoms with E-state index in [0.29, 0.717) is 5.69 Å². The van der Waals surface area contributed by atoms with Crippen molar-refractivity contribution in [3.8, 4) is 0 Å². The molecule has 0 aliphatic carbocycles. The Morgan fingerprint density at radius 3 is 1.81 bits per heavy atom. The van der Waals surface area contributed by atoms with Crippen LogP contribution in [0.5, 0.6) is 0 Å². The molecule has 0 saturated carbocycles. The van der Waals surface area contributed by atoms with Gasteiger partial charge in [-0.05, 0) is 36.4 Å². The van der Waals surface area contributed by atoms with Crippen molar-refractivity contribution in [1.29, 1.82) is 0 Å². The van der Waals surface area contributed by atoms with Gasteiger partial charge in [0.15, 0.2) is 0 Å². The third kappa shape index (κ3) is 3.53. The van der Waals surface area contributed by atoms with Crippen LogP contribution in [0.2, 0.25) is 0 Å². The first-order valence-electron chi connectivity index (χ1n) is 5.83. The third-order valence-electron chi connectivity index (χ3n) is 2.58. The molecule has 7 heteroatoms. The number of hydrogen-bond donors (Lipinski definition) is 3. The minimum Gasteiger partial charge on any atom is -0.465 e. The molecular formula is C14H10F2N2O3. The minimum atomic E-state index is -1.22. The van der Waals surface area contributed by atoms with Gasteiger partial charge in [-0.1, -0.05) is 6.07 Å². The molecule has 0 saturated heterocycles. The van der Waals surface area contributed by atoms with Gasteiger partial charge in [0.05, 0.1) is 0 Å². The quantitative estimate of drug-likeness (QED) is 0.812. The van der Waals surface area contributed by atoms with Crippen molar-refractivity contribution in [1.82, 2.24) is 0 Å². The summed E-state index contributed by atoms with van der Waals surface area (Å²) in [7, 11) is 0. The Morgan fingerprint density at radius 2 is 1.33 bits per heavy atom. The molecule has 0 atom stereocenters. The van der Waals surface area contributed by atoms with E-state index in [4.69, 9.17) is 5.11 Å². The predicted molar refractivity (Wildman–Crippen MR) is 72.4 cm³/mol. The van der Waals surface area contributed by atoms with Crippen LogP contribution in [0.25, 0.3) is 0 Å². The van der Waals surface area contributed by atoms with Crippen molar-refractivity contribution >= 4 is 23.4 Å². The average Bonchev–Trinajstić information content (AvgIpc) is 2.40. The summed E-state index contributed by atoms with van der Waals surface area (Å²) in [5, 5.41) is 13.0. The molecular weight excluding hydrogens is 282 g/mol. The summed E-state index contributed by atoms with van der Waals surface area (Å²) >= 11 is 0. The highest BCUT2D eigenvalue weighted by molar-refractivity contribution is 6.04. The third-order valence-corrected chi connectivity index (χ3v) is 2.58. The Morgan fingerprint density at radius 1 is 0.857 bits per heavy atom. The second-order valence-electron chi connectivity index (χ2n) is 4.06. The Bertz CT molecular complexity index is 667. The van der Waals surface area contributed by atoms with Crippen molar-refractivity contribution in [2.75, 3.05) is 10.6 Å². The summed E-state index contributed by atoms with van der Waals surface area (Å²) in [5.41, 5.74) is -0.0959. The van der Waals surface area contributed by atoms with E-state index in [1.54, 1.807) is 0 Å². The van der Waals surface area contributed by atoms with Gasteiger partial charge >= 0.3 is 6.09 Å². The SMILES string of the molecule is O=C(O)Nc1ccc(NC(=O)c2c(F)cccc2F)cc1. The molecule has 0 bridgehead atoms. The van der Waals surface area contributed by atoms with Crippen LogP contribution in [-0.2, 0) is 0 Å². The first kappa shape index (κ1) is 14.4. The van der Waals surface area contributed by atoms with Crippen molar-refractivity contribution < 1.29 is 23.5 Å². The summed E-state index contributed by atoms with van der Waals surface area (Å²) in [4.78, 5) is 22.2. The van der Waals surface area contributed by atoms with Gasteiger partial charge in [-0.25, -0.2) is 13.6 Å². The molecule has 3 N–H and O–H groups in total. The average molecular weight is 292 g/mol. The van der Waals surface area contributed by atoms with E-state index in [0.717, 1.165) is 18.2 Å². The molecule has 2 amide bonds. The molecule has 0 radical (unpaired) electrons. The molecule has 5 nitrogen and oxygen atoms in total. The lowest BCUT2D eigenvalue weighted by molar-refractivity contribution is 0.101. The number of halogens is 2. The largest absolute Gasteiger partial charge is 0.465 e. The molecule has 0 aliphatic heterocycles. The molecule has 2 aromatic carbocycles. The van der Waals surface area contributed by atoms with Gasteiger partial charge in [-0.15, -0.1) is 0 Å². The Hall–Kier alpha value is -2.96. The maximum Gasteiger partial charge on any atom is 0.409 e. The molecule has 2 aromatic rings. The fraction of sp³-hybridized carbons (Fsp3) is 0. The van der Waals surface area contributed by atoms with Crippen LogP contribution in [-0.4, -0.2) is 17.1 Å². The van der Waals surface area contributed by atoms with Crippen molar-refractivity contribution in [3.05, 3.63) is 59.7 Å². The smallest absolute Gasteiger partial charge is 0.409 e. The van der Waals surface area contributed by atoms with Crippen LogP contribution >= 0.6 is 0 Å². The van der Waals surface area contributed by atoms with Gasteiger partial charge in [0.2, 0.25) is 0 Å². The van der Waals surface area contributed by atoms with Gasteiger partial charge in [0.25, 0.3) is 5.91 Å². The second-order valence-corrected chi connectivity index (χ2v) is 4.06. The number of amides is 2. The zero-order chi connectivity index (χ0) is 15.4. The number of nitrogens with one attached hydrogen (secondary N) is 2. The van der Waals surface area contributed by atoms with E-state index >= 15 is 0 Å². The van der Waals surface area contributed by atoms with Gasteiger partial charge in [0, 0.05) is 11.4 Å². The van der Waals surface area contributed by atoms with Crippen LogP contribution in [0.3, 0.4) is 0 Å². The number of benzene rings is 2. The zero-order valence-electron chi connectivity index (χ0n) is 10.6. The monoisotopic (exact) mass is 292 g/mol. The van der Waals surface area contributed by atoms with Gasteiger partial charge < -0.3 is 10.4 Å². The highest BCUT2D eigenvalue weighted by Crippen LogP contribution is 2.17. The van der Waals surface area contributed by atoms with E-state index in [-0.39, 0.29) is 5.69 Å². The van der Waals surface area contributed by atoms with E-state index in [9.17, 15) is 18.4 Å². The summed E-state index contributed by atoms with van der Waals surface area (Å²) in [5.74, 6) is -2.85. The fourth-order valence-electron chi connectivity index (χ4n) is 1.67. The normalized spacial score (nSPS) is 10.0. The number of rotatable bonds is 3. The minimum absolute atomic E-state index is 0.276. The number of carbonyl (C=O) groups excluding carboxylic acids is 1. The molecule has 0 unspecified atom stereocenters. The molecule has 21 heavy (non-hydrogen) atoms. The van der Waals surface area contributed by atoms with Crippen LogP contribution < -0.4 is 10.6 Å². The van der Waals surface area contributed by atoms with Gasteiger partial charge in [0.1, 0.15) is 17.2 Å². The van der Waals surface area contributed by atoms with Crippen molar-refractivity contribution in [2.24, 2.45) is 0 Å². The summed E-state index contributed by atoms with van der Waals surface area (Å²) in [6, 6.07) is 8.75. The summed E-state index contributed by atoms with van der Waals surface area (Å²) in [6.07, 6.45) is -1.22. The van der Waals surface area contributed by atoms with Gasteiger partial charge in [-0.2, -0.15) is 0 Å². The fourth-order valence-corrected chi connectivity index (χ4v) is 1.67. The number of carboxylic acid groups (broad SMARTS) is 1. The first-order chi connectivity index (χ1) is 9.97. The lowest BCUT2D eigenvalue weighted by atomic mass is 10.1. The van der Waals surface area contributed by atoms with E-state index in [2.05, 4.69) is 10.6 Å². The van der Waals surface area contributed by atoms with E-state index in [1.807, 2.05) is 0 Å². The Balaban J connectivity index is 2.14. The molecule has 0 heterocycles. The molecule has 0 spiro atoms. The standard InChI is InChI=1S/C14H10F2N2O3/c15-10-2-1-3-11(16)12(10)13(19)17-8-4-6-9(7-5-8)18-14(20)21/h1-7,18H,(H,17,19)(H,20,21). The first-order valence-corrected chi connectivity index (χ1v) is 5.83. The molecule has 0 aliphatic rings. The van der Waals surface area contributed by atoms with Crippen molar-refractivity contribution in [2.45, 2.75) is 0 Å². The summed E-state index contributed by atoms with van der Waals surface area (Å²) in [6.45, 7) is 0. The lowest BCUT2D eigenvalue weighted by Crippen LogP contribution is -2.15. The molecule has 2 rings (SSSR count). The van der Waals surface area contributed by atoms with Crippen LogP contribution in [0.1, 0.15) is 10.4 Å². The van der Waals surface area contributed by atoms with Crippen LogP contribution in [0.15, 0.2) is 42.5 Å². The number of hydrogen-bond acceptors (Lipinski definition) is 2. The van der Waals surface area contributed by atoms with Crippen LogP contribution in [0.4, 0.5) is 25.0 Å². The predicted octanol–water partition coefficient (Wildman–Crippen LogP) is 3.31. The van der Waals surface area contributed by atoms with E-state index in [1.165, 1.54) is 24.3 Å². The molecule has 108 valence electrons. The maximum absolute atomic E-state index is 13.4.